The van der Waals surface area contributed by atoms with Crippen LogP contribution in [0, 0.1) is 11.3 Å². The molecule has 0 aromatic carbocycles. The highest BCUT2D eigenvalue weighted by Gasteiger charge is 2.38. The molecule has 0 aliphatic carbocycles. The Bertz CT molecular complexity index is 248. The van der Waals surface area contributed by atoms with Crippen LogP contribution in [0.25, 0.3) is 0 Å². The Morgan fingerprint density at radius 1 is 1.44 bits per heavy atom. The van der Waals surface area contributed by atoms with E-state index in [4.69, 9.17) is 4.74 Å². The highest BCUT2D eigenvalue weighted by Crippen LogP contribution is 2.29. The van der Waals surface area contributed by atoms with Crippen molar-refractivity contribution in [3.8, 4) is 0 Å². The summed E-state index contributed by atoms with van der Waals surface area (Å²) < 4.78 is 5.49. The molecule has 1 aliphatic heterocycles. The predicted molar refractivity (Wildman–Crippen MR) is 73.5 cm³/mol. The first kappa shape index (κ1) is 15.4. The van der Waals surface area contributed by atoms with Crippen molar-refractivity contribution in [1.82, 2.24) is 10.6 Å². The summed E-state index contributed by atoms with van der Waals surface area (Å²) in [5, 5.41) is 6.28. The number of carbonyl (C=O) groups excluding carboxylic acids is 1. The van der Waals surface area contributed by atoms with Gasteiger partial charge in [-0.1, -0.05) is 20.8 Å². The quantitative estimate of drug-likeness (QED) is 0.648. The monoisotopic (exact) mass is 256 g/mol. The summed E-state index contributed by atoms with van der Waals surface area (Å²) in [7, 11) is 0. The molecule has 1 amide bonds. The summed E-state index contributed by atoms with van der Waals surface area (Å²) in [6.07, 6.45) is 2.93. The van der Waals surface area contributed by atoms with Crippen LogP contribution in [0.1, 0.15) is 40.0 Å². The van der Waals surface area contributed by atoms with Crippen molar-refractivity contribution in [3.05, 3.63) is 0 Å². The third-order valence-electron chi connectivity index (χ3n) is 3.77. The Hall–Kier alpha value is -0.610. The van der Waals surface area contributed by atoms with Crippen molar-refractivity contribution in [2.45, 2.75) is 40.0 Å². The van der Waals surface area contributed by atoms with Crippen molar-refractivity contribution in [3.63, 3.8) is 0 Å². The molecule has 1 unspecified atom stereocenters. The van der Waals surface area contributed by atoms with Crippen molar-refractivity contribution >= 4 is 5.91 Å². The Morgan fingerprint density at radius 2 is 2.22 bits per heavy atom. The van der Waals surface area contributed by atoms with Gasteiger partial charge in [-0.25, -0.2) is 0 Å². The molecule has 106 valence electrons. The predicted octanol–water partition coefficient (Wildman–Crippen LogP) is 1.55. The fraction of sp³-hybridized carbons (Fsp3) is 0.929. The molecule has 0 spiro atoms. The van der Waals surface area contributed by atoms with Gasteiger partial charge < -0.3 is 15.4 Å². The molecule has 18 heavy (non-hydrogen) atoms. The lowest BCUT2D eigenvalue weighted by molar-refractivity contribution is -0.130. The van der Waals surface area contributed by atoms with Gasteiger partial charge in [0.2, 0.25) is 5.91 Å². The molecular formula is C14H28N2O2. The van der Waals surface area contributed by atoms with E-state index in [0.717, 1.165) is 39.0 Å². The van der Waals surface area contributed by atoms with Crippen molar-refractivity contribution < 1.29 is 9.53 Å². The normalized spacial score (nSPS) is 23.6. The Morgan fingerprint density at radius 3 is 2.78 bits per heavy atom. The number of hydrogen-bond donors (Lipinski definition) is 2. The Balaban J connectivity index is 2.13. The molecule has 0 bridgehead atoms. The summed E-state index contributed by atoms with van der Waals surface area (Å²) in [5.41, 5.74) is -0.183. The lowest BCUT2D eigenvalue weighted by atomic mass is 9.83. The van der Waals surface area contributed by atoms with E-state index in [2.05, 4.69) is 31.4 Å². The van der Waals surface area contributed by atoms with Crippen molar-refractivity contribution in [2.24, 2.45) is 11.3 Å². The van der Waals surface area contributed by atoms with E-state index in [-0.39, 0.29) is 11.3 Å². The highest BCUT2D eigenvalue weighted by molar-refractivity contribution is 5.83. The average Bonchev–Trinajstić information content (AvgIpc) is 2.83. The second-order valence-electron chi connectivity index (χ2n) is 5.61. The van der Waals surface area contributed by atoms with E-state index < -0.39 is 0 Å². The van der Waals surface area contributed by atoms with Crippen molar-refractivity contribution in [1.29, 1.82) is 0 Å². The zero-order chi connectivity index (χ0) is 13.4. The lowest BCUT2D eigenvalue weighted by Gasteiger charge is -2.25. The summed E-state index contributed by atoms with van der Waals surface area (Å²) >= 11 is 0. The second-order valence-corrected chi connectivity index (χ2v) is 5.61. The number of amides is 1. The van der Waals surface area contributed by atoms with Crippen LogP contribution in [0.4, 0.5) is 0 Å². The van der Waals surface area contributed by atoms with Crippen LogP contribution in [0.3, 0.4) is 0 Å². The average molecular weight is 256 g/mol. The third-order valence-corrected chi connectivity index (χ3v) is 3.77. The summed E-state index contributed by atoms with van der Waals surface area (Å²) in [4.78, 5) is 12.1. The van der Waals surface area contributed by atoms with Crippen LogP contribution in [-0.4, -0.2) is 38.8 Å². The first-order valence-electron chi connectivity index (χ1n) is 7.17. The van der Waals surface area contributed by atoms with Crippen LogP contribution >= 0.6 is 0 Å². The van der Waals surface area contributed by atoms with Gasteiger partial charge in [0, 0.05) is 19.7 Å². The van der Waals surface area contributed by atoms with Gasteiger partial charge >= 0.3 is 0 Å². The molecule has 4 nitrogen and oxygen atoms in total. The summed E-state index contributed by atoms with van der Waals surface area (Å²) in [6, 6.07) is 0. The van der Waals surface area contributed by atoms with Crippen LogP contribution in [-0.2, 0) is 9.53 Å². The highest BCUT2D eigenvalue weighted by atomic mass is 16.5. The first-order valence-corrected chi connectivity index (χ1v) is 7.17. The molecule has 0 saturated carbocycles. The first-order chi connectivity index (χ1) is 8.60. The van der Waals surface area contributed by atoms with E-state index >= 15 is 0 Å². The molecule has 4 heteroatoms. The van der Waals surface area contributed by atoms with E-state index in [1.165, 1.54) is 0 Å². The molecule has 1 atom stereocenters. The second kappa shape index (κ2) is 7.74. The molecule has 1 heterocycles. The van der Waals surface area contributed by atoms with Gasteiger partial charge in [-0.2, -0.15) is 0 Å². The molecular weight excluding hydrogens is 228 g/mol. The Kier molecular flexibility index (Phi) is 6.65. The topological polar surface area (TPSA) is 50.4 Å². The van der Waals surface area contributed by atoms with Gasteiger partial charge in [0.15, 0.2) is 0 Å². The van der Waals surface area contributed by atoms with E-state index in [0.29, 0.717) is 19.1 Å². The van der Waals surface area contributed by atoms with Crippen molar-refractivity contribution in [2.75, 3.05) is 32.8 Å². The maximum Gasteiger partial charge on any atom is 0.227 e. The van der Waals surface area contributed by atoms with Crippen LogP contribution in [0.15, 0.2) is 0 Å². The van der Waals surface area contributed by atoms with Gasteiger partial charge in [0.1, 0.15) is 0 Å². The number of carbonyl (C=O) groups is 1. The van der Waals surface area contributed by atoms with Crippen LogP contribution in [0.5, 0.6) is 0 Å². The maximum absolute atomic E-state index is 12.1. The smallest absolute Gasteiger partial charge is 0.227 e. The minimum Gasteiger partial charge on any atom is -0.380 e. The van der Waals surface area contributed by atoms with Gasteiger partial charge in [0.05, 0.1) is 12.0 Å². The number of ether oxygens (including phenoxy) is 1. The van der Waals surface area contributed by atoms with Gasteiger partial charge in [-0.15, -0.1) is 0 Å². The van der Waals surface area contributed by atoms with E-state index in [1.807, 2.05) is 0 Å². The minimum absolute atomic E-state index is 0.183. The van der Waals surface area contributed by atoms with E-state index in [9.17, 15) is 4.79 Å². The SMILES string of the molecule is CCC1(C(=O)NCCOCCC(C)C)CCNC1. The molecule has 2 N–H and O–H groups in total. The molecule has 1 aliphatic rings. The summed E-state index contributed by atoms with van der Waals surface area (Å²) in [6.45, 7) is 10.2. The number of nitrogens with one attached hydrogen (secondary N) is 2. The largest absolute Gasteiger partial charge is 0.380 e. The molecule has 0 aromatic heterocycles. The molecule has 0 aromatic rings. The zero-order valence-electron chi connectivity index (χ0n) is 12.1. The molecule has 0 radical (unpaired) electrons. The summed E-state index contributed by atoms with van der Waals surface area (Å²) in [5.74, 6) is 0.856. The fourth-order valence-corrected chi connectivity index (χ4v) is 2.25. The van der Waals surface area contributed by atoms with Gasteiger partial charge in [-0.05, 0) is 31.7 Å². The fourth-order valence-electron chi connectivity index (χ4n) is 2.25. The standard InChI is InChI=1S/C14H28N2O2/c1-4-14(6-7-15-11-14)13(17)16-8-10-18-9-5-12(2)3/h12,15H,4-11H2,1-3H3,(H,16,17). The number of rotatable bonds is 8. The minimum atomic E-state index is -0.183. The maximum atomic E-state index is 12.1. The van der Waals surface area contributed by atoms with Gasteiger partial charge in [0.25, 0.3) is 0 Å². The van der Waals surface area contributed by atoms with Gasteiger partial charge in [-0.3, -0.25) is 4.79 Å². The molecule has 1 rings (SSSR count). The Labute approximate surface area is 111 Å². The van der Waals surface area contributed by atoms with E-state index in [1.54, 1.807) is 0 Å². The lowest BCUT2D eigenvalue weighted by Crippen LogP contribution is -2.43. The zero-order valence-corrected chi connectivity index (χ0v) is 12.1. The number of hydrogen-bond acceptors (Lipinski definition) is 3. The molecule has 1 fully saturated rings. The molecule has 1 saturated heterocycles. The van der Waals surface area contributed by atoms with Crippen LogP contribution < -0.4 is 10.6 Å². The third kappa shape index (κ3) is 4.58. The van der Waals surface area contributed by atoms with Crippen LogP contribution in [0.2, 0.25) is 0 Å².